The largest absolute Gasteiger partial charge is 0.479 e. The molecule has 1 aromatic carbocycles. The number of nitrogens with one attached hydrogen (secondary N) is 1. The number of carbonyl (C=O) groups is 2. The molecule has 98 valence electrons. The lowest BCUT2D eigenvalue weighted by Crippen LogP contribution is -2.37. The number of aryl methyl sites for hydroxylation is 3. The van der Waals surface area contributed by atoms with Gasteiger partial charge < -0.3 is 15.5 Å². The van der Waals surface area contributed by atoms with Gasteiger partial charge in [0.15, 0.2) is 6.10 Å². The van der Waals surface area contributed by atoms with Crippen LogP contribution in [0.1, 0.15) is 27.0 Å². The van der Waals surface area contributed by atoms with E-state index < -0.39 is 12.1 Å². The average molecular weight is 251 g/mol. The van der Waals surface area contributed by atoms with Gasteiger partial charge in [0.05, 0.1) is 6.54 Å². The minimum atomic E-state index is -1.58. The number of aliphatic carboxylic acids is 1. The fraction of sp³-hybridized carbons (Fsp3) is 0.385. The molecule has 0 aliphatic heterocycles. The van der Waals surface area contributed by atoms with Crippen molar-refractivity contribution in [3.05, 3.63) is 34.4 Å². The second kappa shape index (κ2) is 5.64. The molecule has 0 bridgehead atoms. The predicted molar refractivity (Wildman–Crippen MR) is 66.6 cm³/mol. The lowest BCUT2D eigenvalue weighted by molar-refractivity contribution is -0.146. The van der Waals surface area contributed by atoms with Crippen LogP contribution in [0.2, 0.25) is 0 Å². The summed E-state index contributed by atoms with van der Waals surface area (Å²) in [7, 11) is 0. The van der Waals surface area contributed by atoms with E-state index in [1.54, 1.807) is 0 Å². The molecule has 3 N–H and O–H groups in total. The molecule has 0 radical (unpaired) electrons. The zero-order valence-corrected chi connectivity index (χ0v) is 10.7. The first kappa shape index (κ1) is 14.2. The molecule has 0 aliphatic rings. The smallest absolute Gasteiger partial charge is 0.334 e. The number of carbonyl (C=O) groups excluding carboxylic acids is 1. The summed E-state index contributed by atoms with van der Waals surface area (Å²) in [5.74, 6) is -1.72. The van der Waals surface area contributed by atoms with Crippen LogP contribution in [0.5, 0.6) is 0 Å². The van der Waals surface area contributed by atoms with Crippen molar-refractivity contribution in [2.24, 2.45) is 0 Å². The SMILES string of the molecule is Cc1cc(C)c(C(=O)NCC(O)C(=O)O)c(C)c1. The number of rotatable bonds is 4. The lowest BCUT2D eigenvalue weighted by atomic mass is 9.99. The van der Waals surface area contributed by atoms with Gasteiger partial charge in [-0.15, -0.1) is 0 Å². The van der Waals surface area contributed by atoms with Crippen molar-refractivity contribution >= 4 is 11.9 Å². The Balaban J connectivity index is 2.82. The van der Waals surface area contributed by atoms with Crippen LogP contribution in [-0.2, 0) is 4.79 Å². The second-order valence-corrected chi connectivity index (χ2v) is 4.34. The molecule has 0 fully saturated rings. The van der Waals surface area contributed by atoms with Crippen LogP contribution in [0.15, 0.2) is 12.1 Å². The Morgan fingerprint density at radius 1 is 1.22 bits per heavy atom. The summed E-state index contributed by atoms with van der Waals surface area (Å²) in [5.41, 5.74) is 3.25. The molecular weight excluding hydrogens is 234 g/mol. The number of benzene rings is 1. The predicted octanol–water partition coefficient (Wildman–Crippen LogP) is 0.787. The number of hydrogen-bond acceptors (Lipinski definition) is 3. The van der Waals surface area contributed by atoms with Gasteiger partial charge in [0, 0.05) is 5.56 Å². The number of carboxylic acids is 1. The van der Waals surface area contributed by atoms with E-state index in [0.29, 0.717) is 5.56 Å². The first-order valence-corrected chi connectivity index (χ1v) is 5.60. The standard InChI is InChI=1S/C13H17NO4/c1-7-4-8(2)11(9(3)5-7)12(16)14-6-10(15)13(17)18/h4-5,10,15H,6H2,1-3H3,(H,14,16)(H,17,18). The maximum Gasteiger partial charge on any atom is 0.334 e. The lowest BCUT2D eigenvalue weighted by Gasteiger charge is -2.12. The zero-order valence-electron chi connectivity index (χ0n) is 10.7. The molecule has 18 heavy (non-hydrogen) atoms. The van der Waals surface area contributed by atoms with Crippen molar-refractivity contribution in [3.8, 4) is 0 Å². The highest BCUT2D eigenvalue weighted by molar-refractivity contribution is 5.97. The van der Waals surface area contributed by atoms with E-state index in [4.69, 9.17) is 10.2 Å². The van der Waals surface area contributed by atoms with Crippen molar-refractivity contribution in [2.75, 3.05) is 6.54 Å². The van der Waals surface area contributed by atoms with Crippen molar-refractivity contribution in [1.82, 2.24) is 5.32 Å². The number of hydrogen-bond donors (Lipinski definition) is 3. The second-order valence-electron chi connectivity index (χ2n) is 4.34. The van der Waals surface area contributed by atoms with Crippen molar-refractivity contribution < 1.29 is 19.8 Å². The number of amides is 1. The van der Waals surface area contributed by atoms with Crippen LogP contribution < -0.4 is 5.32 Å². The summed E-state index contributed by atoms with van der Waals surface area (Å²) in [6, 6.07) is 3.77. The molecule has 0 aliphatic carbocycles. The topological polar surface area (TPSA) is 86.6 Å². The Morgan fingerprint density at radius 2 is 1.72 bits per heavy atom. The maximum absolute atomic E-state index is 11.9. The van der Waals surface area contributed by atoms with Gasteiger partial charge in [0.2, 0.25) is 0 Å². The van der Waals surface area contributed by atoms with E-state index in [-0.39, 0.29) is 12.5 Å². The van der Waals surface area contributed by atoms with E-state index in [9.17, 15) is 9.59 Å². The quantitative estimate of drug-likeness (QED) is 0.738. The average Bonchev–Trinajstić information content (AvgIpc) is 2.24. The summed E-state index contributed by atoms with van der Waals surface area (Å²) in [6.45, 7) is 5.28. The van der Waals surface area contributed by atoms with Gasteiger partial charge in [-0.25, -0.2) is 4.79 Å². The van der Waals surface area contributed by atoms with Crippen molar-refractivity contribution in [2.45, 2.75) is 26.9 Å². The van der Waals surface area contributed by atoms with E-state index >= 15 is 0 Å². The third kappa shape index (κ3) is 3.30. The van der Waals surface area contributed by atoms with Gasteiger partial charge in [-0.3, -0.25) is 4.79 Å². The highest BCUT2D eigenvalue weighted by Gasteiger charge is 2.17. The molecular formula is C13H17NO4. The zero-order chi connectivity index (χ0) is 13.9. The maximum atomic E-state index is 11.9. The molecule has 1 aromatic rings. The minimum absolute atomic E-state index is 0.305. The molecule has 5 nitrogen and oxygen atoms in total. The molecule has 1 unspecified atom stereocenters. The first-order chi connectivity index (χ1) is 8.32. The highest BCUT2D eigenvalue weighted by Crippen LogP contribution is 2.16. The van der Waals surface area contributed by atoms with Gasteiger partial charge in [0.25, 0.3) is 5.91 Å². The summed E-state index contributed by atoms with van der Waals surface area (Å²) in [4.78, 5) is 22.3. The molecule has 1 amide bonds. The van der Waals surface area contributed by atoms with Crippen LogP contribution in [0, 0.1) is 20.8 Å². The van der Waals surface area contributed by atoms with Gasteiger partial charge in [0.1, 0.15) is 0 Å². The van der Waals surface area contributed by atoms with Crippen molar-refractivity contribution in [3.63, 3.8) is 0 Å². The summed E-state index contributed by atoms with van der Waals surface area (Å²) in [5, 5.41) is 20.0. The van der Waals surface area contributed by atoms with E-state index in [1.807, 2.05) is 32.9 Å². The van der Waals surface area contributed by atoms with Gasteiger partial charge in [-0.2, -0.15) is 0 Å². The Labute approximate surface area is 105 Å². The molecule has 0 saturated heterocycles. The molecule has 0 aromatic heterocycles. The fourth-order valence-electron chi connectivity index (χ4n) is 1.90. The van der Waals surface area contributed by atoms with Crippen LogP contribution in [0.25, 0.3) is 0 Å². The first-order valence-electron chi connectivity index (χ1n) is 5.60. The minimum Gasteiger partial charge on any atom is -0.479 e. The number of aliphatic hydroxyl groups is 1. The Bertz CT molecular complexity index is 459. The molecule has 0 spiro atoms. The molecule has 0 heterocycles. The Kier molecular flexibility index (Phi) is 4.44. The highest BCUT2D eigenvalue weighted by atomic mass is 16.4. The van der Waals surface area contributed by atoms with Gasteiger partial charge in [-0.1, -0.05) is 17.7 Å². The summed E-state index contributed by atoms with van der Waals surface area (Å²) < 4.78 is 0. The third-order valence-electron chi connectivity index (χ3n) is 2.65. The Morgan fingerprint density at radius 3 is 2.17 bits per heavy atom. The monoisotopic (exact) mass is 251 g/mol. The van der Waals surface area contributed by atoms with Crippen LogP contribution in [0.3, 0.4) is 0 Å². The van der Waals surface area contributed by atoms with Crippen molar-refractivity contribution in [1.29, 1.82) is 0 Å². The van der Waals surface area contributed by atoms with Gasteiger partial charge in [-0.05, 0) is 31.9 Å². The summed E-state index contributed by atoms with van der Waals surface area (Å²) in [6.07, 6.45) is -1.58. The Hall–Kier alpha value is -1.88. The van der Waals surface area contributed by atoms with E-state index in [2.05, 4.69) is 5.32 Å². The van der Waals surface area contributed by atoms with Gasteiger partial charge >= 0.3 is 5.97 Å². The van der Waals surface area contributed by atoms with Crippen LogP contribution in [-0.4, -0.2) is 34.7 Å². The molecule has 1 atom stereocenters. The fourth-order valence-corrected chi connectivity index (χ4v) is 1.90. The number of aliphatic hydroxyl groups excluding tert-OH is 1. The number of carboxylic acid groups (broad SMARTS) is 1. The normalized spacial score (nSPS) is 12.0. The van der Waals surface area contributed by atoms with E-state index in [0.717, 1.165) is 16.7 Å². The van der Waals surface area contributed by atoms with E-state index in [1.165, 1.54) is 0 Å². The van der Waals surface area contributed by atoms with Crippen LogP contribution >= 0.6 is 0 Å². The molecule has 1 rings (SSSR count). The summed E-state index contributed by atoms with van der Waals surface area (Å²) >= 11 is 0. The third-order valence-corrected chi connectivity index (χ3v) is 2.65. The van der Waals surface area contributed by atoms with Crippen LogP contribution in [0.4, 0.5) is 0 Å². The molecule has 0 saturated carbocycles. The molecule has 5 heteroatoms.